The van der Waals surface area contributed by atoms with E-state index in [1.165, 1.54) is 17.7 Å². The van der Waals surface area contributed by atoms with Crippen LogP contribution in [-0.2, 0) is 4.74 Å². The molecule has 1 aromatic carbocycles. The molecule has 1 N–H and O–H groups in total. The van der Waals surface area contributed by atoms with Crippen molar-refractivity contribution < 1.29 is 13.9 Å². The normalized spacial score (nSPS) is 25.8. The van der Waals surface area contributed by atoms with Crippen LogP contribution in [0.3, 0.4) is 0 Å². The van der Waals surface area contributed by atoms with Crippen LogP contribution in [0.25, 0.3) is 17.2 Å². The molecule has 1 saturated carbocycles. The van der Waals surface area contributed by atoms with Gasteiger partial charge in [0.2, 0.25) is 0 Å². The van der Waals surface area contributed by atoms with Crippen molar-refractivity contribution in [3.05, 3.63) is 71.5 Å². The van der Waals surface area contributed by atoms with E-state index >= 15 is 0 Å². The predicted octanol–water partition coefficient (Wildman–Crippen LogP) is 6.17. The van der Waals surface area contributed by atoms with Crippen LogP contribution >= 0.6 is 0 Å². The van der Waals surface area contributed by atoms with E-state index in [0.29, 0.717) is 25.0 Å². The second kappa shape index (κ2) is 9.87. The maximum Gasteiger partial charge on any atom is 0.407 e. The van der Waals surface area contributed by atoms with Gasteiger partial charge in [0, 0.05) is 23.7 Å². The molecule has 2 aliphatic carbocycles. The third kappa shape index (κ3) is 4.79. The fourth-order valence-electron chi connectivity index (χ4n) is 5.58. The molecule has 4 atom stereocenters. The third-order valence-corrected chi connectivity index (χ3v) is 7.15. The Bertz CT molecular complexity index is 1140. The number of nitrogens with one attached hydrogen (secondary N) is 1. The molecule has 0 radical (unpaired) electrons. The topological polar surface area (TPSA) is 75.9 Å². The zero-order valence-corrected chi connectivity index (χ0v) is 19.3. The van der Waals surface area contributed by atoms with Crippen LogP contribution in [0, 0.1) is 23.6 Å². The fourth-order valence-corrected chi connectivity index (χ4v) is 5.58. The van der Waals surface area contributed by atoms with E-state index < -0.39 is 0 Å². The monoisotopic (exact) mass is 460 g/mol. The van der Waals surface area contributed by atoms with Crippen LogP contribution in [0.1, 0.15) is 38.3 Å². The summed E-state index contributed by atoms with van der Waals surface area (Å²) in [5.74, 6) is 0.906. The average Bonchev–Trinajstić information content (AvgIpc) is 3.30. The number of amides is 1. The minimum Gasteiger partial charge on any atom is -0.450 e. The Morgan fingerprint density at radius 1 is 1.24 bits per heavy atom. The largest absolute Gasteiger partial charge is 0.450 e. The summed E-state index contributed by atoms with van der Waals surface area (Å²) >= 11 is 0. The second-order valence-electron chi connectivity index (χ2n) is 9.26. The van der Waals surface area contributed by atoms with Crippen LogP contribution < -0.4 is 5.32 Å². The first-order chi connectivity index (χ1) is 16.6. The average molecular weight is 461 g/mol. The highest BCUT2D eigenvalue weighted by molar-refractivity contribution is 5.67. The lowest BCUT2D eigenvalue weighted by Crippen LogP contribution is -2.44. The Kier molecular flexibility index (Phi) is 6.52. The van der Waals surface area contributed by atoms with Gasteiger partial charge in [-0.05, 0) is 79.9 Å². The second-order valence-corrected chi connectivity index (χ2v) is 9.26. The van der Waals surface area contributed by atoms with Gasteiger partial charge < -0.3 is 10.1 Å². The standard InChI is InChI=1S/C27H29FN4O2/c1-2-34-27(33)31-23-9-10-24-19(14-23)12-20-16-30-32-26(20)25(24)11-8-22-7-6-18(15-29-22)17-4-3-5-21(28)13-17/h3-8,11,13,15,19,23-25H,2,9-10,12,14,16H2,1H3,(H,31,33)/b11-8+/t19-,23-,24-,25+/m1/s1. The van der Waals surface area contributed by atoms with Gasteiger partial charge in [0.05, 0.1) is 24.5 Å². The number of allylic oxidation sites excluding steroid dienone is 1. The van der Waals surface area contributed by atoms with Gasteiger partial charge in [-0.1, -0.05) is 24.3 Å². The van der Waals surface area contributed by atoms with Crippen molar-refractivity contribution in [3.63, 3.8) is 0 Å². The molecule has 0 bridgehead atoms. The first-order valence-electron chi connectivity index (χ1n) is 12.0. The van der Waals surface area contributed by atoms with E-state index in [-0.39, 0.29) is 23.9 Å². The van der Waals surface area contributed by atoms with Crippen LogP contribution in [0.2, 0.25) is 0 Å². The lowest BCUT2D eigenvalue weighted by atomic mass is 9.64. The molecule has 5 rings (SSSR count). The number of pyridine rings is 1. The number of hydrogen-bond donors (Lipinski definition) is 1. The number of aromatic nitrogens is 1. The smallest absolute Gasteiger partial charge is 0.407 e. The highest BCUT2D eigenvalue weighted by atomic mass is 19.1. The lowest BCUT2D eigenvalue weighted by molar-refractivity contribution is 0.125. The van der Waals surface area contributed by atoms with Gasteiger partial charge in [-0.25, -0.2) is 9.18 Å². The van der Waals surface area contributed by atoms with Gasteiger partial charge in [0.25, 0.3) is 0 Å². The fraction of sp³-hybridized carbons (Fsp3) is 0.407. The number of alkyl carbamates (subject to hydrolysis) is 1. The van der Waals surface area contributed by atoms with Crippen molar-refractivity contribution in [3.8, 4) is 11.1 Å². The van der Waals surface area contributed by atoms with Gasteiger partial charge in [0.1, 0.15) is 5.82 Å². The first-order valence-corrected chi connectivity index (χ1v) is 12.0. The van der Waals surface area contributed by atoms with Crippen molar-refractivity contribution >= 4 is 12.2 Å². The summed E-state index contributed by atoms with van der Waals surface area (Å²) in [6, 6.07) is 10.6. The first kappa shape index (κ1) is 22.4. The number of rotatable bonds is 5. The van der Waals surface area contributed by atoms with E-state index in [9.17, 15) is 9.18 Å². The maximum atomic E-state index is 13.5. The summed E-state index contributed by atoms with van der Waals surface area (Å²) in [7, 11) is 0. The van der Waals surface area contributed by atoms with Gasteiger partial charge in [-0.2, -0.15) is 10.2 Å². The number of carbonyl (C=O) groups excluding carboxylic acids is 1. The molecular formula is C27H29FN4O2. The number of ether oxygens (including phenoxy) is 1. The van der Waals surface area contributed by atoms with Crippen LogP contribution in [0.5, 0.6) is 0 Å². The zero-order valence-electron chi connectivity index (χ0n) is 19.3. The Morgan fingerprint density at radius 3 is 2.94 bits per heavy atom. The number of hydrogen-bond acceptors (Lipinski definition) is 5. The molecule has 7 heteroatoms. The molecule has 0 unspecified atom stereocenters. The third-order valence-electron chi connectivity index (χ3n) is 7.15. The molecule has 2 heterocycles. The molecule has 3 aliphatic rings. The molecule has 1 aliphatic heterocycles. The number of nitrogens with zero attached hydrogens (tertiary/aromatic N) is 3. The Balaban J connectivity index is 1.31. The van der Waals surface area contributed by atoms with Gasteiger partial charge in [-0.15, -0.1) is 0 Å². The van der Waals surface area contributed by atoms with Crippen LogP contribution in [0.15, 0.2) is 70.2 Å². The van der Waals surface area contributed by atoms with Crippen molar-refractivity contribution in [1.82, 2.24) is 10.3 Å². The highest BCUT2D eigenvalue weighted by Gasteiger charge is 2.42. The van der Waals surface area contributed by atoms with E-state index in [0.717, 1.165) is 48.2 Å². The summed E-state index contributed by atoms with van der Waals surface area (Å²) in [5.41, 5.74) is 4.99. The van der Waals surface area contributed by atoms with Crippen molar-refractivity contribution in [2.24, 2.45) is 28.0 Å². The molecule has 0 spiro atoms. The molecule has 2 aromatic rings. The summed E-state index contributed by atoms with van der Waals surface area (Å²) in [6.07, 6.45) is 9.65. The summed E-state index contributed by atoms with van der Waals surface area (Å²) in [4.78, 5) is 16.5. The molecule has 176 valence electrons. The van der Waals surface area contributed by atoms with Gasteiger partial charge in [0.15, 0.2) is 0 Å². The minimum absolute atomic E-state index is 0.152. The summed E-state index contributed by atoms with van der Waals surface area (Å²) < 4.78 is 18.6. The quantitative estimate of drug-likeness (QED) is 0.580. The molecular weight excluding hydrogens is 431 g/mol. The van der Waals surface area contributed by atoms with E-state index in [4.69, 9.17) is 4.74 Å². The number of halogens is 1. The van der Waals surface area contributed by atoms with E-state index in [2.05, 4.69) is 32.7 Å². The molecule has 6 nitrogen and oxygen atoms in total. The van der Waals surface area contributed by atoms with E-state index in [1.54, 1.807) is 12.3 Å². The summed E-state index contributed by atoms with van der Waals surface area (Å²) in [5, 5.41) is 11.9. The van der Waals surface area contributed by atoms with Gasteiger partial charge in [-0.3, -0.25) is 4.98 Å². The minimum atomic E-state index is -0.322. The Labute approximate surface area is 199 Å². The molecule has 1 fully saturated rings. The number of carbonyl (C=O) groups is 1. The van der Waals surface area contributed by atoms with E-state index in [1.807, 2.05) is 25.1 Å². The zero-order chi connectivity index (χ0) is 23.5. The molecule has 1 aromatic heterocycles. The van der Waals surface area contributed by atoms with Crippen molar-refractivity contribution in [1.29, 1.82) is 0 Å². The SMILES string of the molecule is CCOC(=O)N[C@@H]1CC[C@@H]2[C@H](CC3=C(N=NC3)[C@H]2/C=C/c2ccc(-c3cccc(F)c3)cn2)C1. The molecule has 1 amide bonds. The lowest BCUT2D eigenvalue weighted by Gasteiger charge is -2.42. The van der Waals surface area contributed by atoms with Gasteiger partial charge >= 0.3 is 6.09 Å². The van der Waals surface area contributed by atoms with Crippen molar-refractivity contribution in [2.45, 2.75) is 38.6 Å². The molecule has 0 saturated heterocycles. The highest BCUT2D eigenvalue weighted by Crippen LogP contribution is 2.49. The number of fused-ring (bicyclic) bond motifs is 1. The Hall–Kier alpha value is -3.35. The molecule has 34 heavy (non-hydrogen) atoms. The summed E-state index contributed by atoms with van der Waals surface area (Å²) in [6.45, 7) is 2.88. The number of benzene rings is 1. The van der Waals surface area contributed by atoms with Crippen LogP contribution in [-0.4, -0.2) is 30.3 Å². The van der Waals surface area contributed by atoms with Crippen molar-refractivity contribution in [2.75, 3.05) is 13.2 Å². The number of azo groups is 1. The maximum absolute atomic E-state index is 13.5. The predicted molar refractivity (Wildman–Crippen MR) is 128 cm³/mol. The van der Waals surface area contributed by atoms with Crippen LogP contribution in [0.4, 0.5) is 9.18 Å². The Morgan fingerprint density at radius 2 is 2.15 bits per heavy atom.